The van der Waals surface area contributed by atoms with Gasteiger partial charge in [0.25, 0.3) is 0 Å². The summed E-state index contributed by atoms with van der Waals surface area (Å²) >= 11 is 1.06. The number of halogens is 3. The molecule has 5 rings (SSSR count). The van der Waals surface area contributed by atoms with E-state index < -0.39 is 29.0 Å². The Labute approximate surface area is 265 Å². The number of alkyl halides is 3. The third kappa shape index (κ3) is 8.07. The zero-order valence-corrected chi connectivity index (χ0v) is 25.1. The van der Waals surface area contributed by atoms with Gasteiger partial charge in [0.15, 0.2) is 5.17 Å². The summed E-state index contributed by atoms with van der Waals surface area (Å²) in [5, 5.41) is 4.42. The first-order valence-corrected chi connectivity index (χ1v) is 14.7. The molecule has 238 valence electrons. The number of anilines is 1. The van der Waals surface area contributed by atoms with Crippen LogP contribution in [0.4, 0.5) is 29.3 Å². The van der Waals surface area contributed by atoms with Gasteiger partial charge in [-0.25, -0.2) is 9.79 Å². The number of alkyl carbamates (subject to hydrolysis) is 1. The van der Waals surface area contributed by atoms with E-state index in [9.17, 15) is 27.6 Å². The summed E-state index contributed by atoms with van der Waals surface area (Å²) in [5.41, 5.74) is 0.792. The topological polar surface area (TPSA) is 122 Å². The van der Waals surface area contributed by atoms with Crippen molar-refractivity contribution in [2.45, 2.75) is 24.6 Å². The summed E-state index contributed by atoms with van der Waals surface area (Å²) in [7, 11) is 1.32. The fourth-order valence-corrected chi connectivity index (χ4v) is 5.55. The molecule has 1 aliphatic rings. The molecule has 1 aliphatic heterocycles. The van der Waals surface area contributed by atoms with E-state index in [4.69, 9.17) is 13.9 Å². The number of benzene rings is 3. The second-order valence-electron chi connectivity index (χ2n) is 9.87. The van der Waals surface area contributed by atoms with Gasteiger partial charge in [0, 0.05) is 5.69 Å². The lowest BCUT2D eigenvalue weighted by Crippen LogP contribution is -2.33. The number of rotatable bonds is 10. The van der Waals surface area contributed by atoms with Crippen molar-refractivity contribution in [2.75, 3.05) is 19.0 Å². The third-order valence-corrected chi connectivity index (χ3v) is 7.90. The molecule has 1 fully saturated rings. The number of methoxy groups -OCH3 is 1. The van der Waals surface area contributed by atoms with E-state index in [1.807, 2.05) is 18.2 Å². The van der Waals surface area contributed by atoms with E-state index in [1.54, 1.807) is 48.5 Å². The van der Waals surface area contributed by atoms with Crippen molar-refractivity contribution in [3.05, 3.63) is 114 Å². The van der Waals surface area contributed by atoms with Gasteiger partial charge in [-0.3, -0.25) is 14.5 Å². The maximum atomic E-state index is 13.6. The molecule has 1 saturated heterocycles. The van der Waals surface area contributed by atoms with Crippen molar-refractivity contribution in [2.24, 2.45) is 4.99 Å². The van der Waals surface area contributed by atoms with E-state index in [1.165, 1.54) is 24.3 Å². The average Bonchev–Trinajstić information content (AvgIpc) is 3.67. The highest BCUT2D eigenvalue weighted by Crippen LogP contribution is 2.43. The molecule has 2 N–H and O–H groups in total. The van der Waals surface area contributed by atoms with Crippen LogP contribution in [0.1, 0.15) is 27.7 Å². The van der Waals surface area contributed by atoms with Crippen molar-refractivity contribution in [1.82, 2.24) is 10.2 Å². The van der Waals surface area contributed by atoms with Crippen molar-refractivity contribution in [3.63, 3.8) is 0 Å². The maximum Gasteiger partial charge on any atom is 0.416 e. The normalized spacial score (nSPS) is 15.6. The summed E-state index contributed by atoms with van der Waals surface area (Å²) in [6.45, 7) is -0.260. The highest BCUT2D eigenvalue weighted by atomic mass is 32.2. The fraction of sp³-hybridized carbons (Fsp3) is 0.188. The summed E-state index contributed by atoms with van der Waals surface area (Å²) in [6, 6.07) is 21.8. The summed E-state index contributed by atoms with van der Waals surface area (Å²) in [5.74, 6) is -0.297. The van der Waals surface area contributed by atoms with E-state index in [0.717, 1.165) is 29.5 Å². The molecule has 1 aromatic heterocycles. The Morgan fingerprint density at radius 2 is 1.78 bits per heavy atom. The first-order chi connectivity index (χ1) is 22.1. The molecule has 1 unspecified atom stereocenters. The minimum atomic E-state index is -4.60. The minimum Gasteiger partial charge on any atom is -0.494 e. The standard InChI is InChI=1S/C32H27F3N4O6S/c1-43-26-14-11-22(32(33,34)35)16-25(26)38-30-39(18-24-8-5-15-44-24)29(41)28(46-30)21-9-12-23(13-10-21)37-27(40)17-36-31(42)45-19-20-6-3-2-4-7-20/h2-16,28H,17-19H2,1H3,(H,36,42)(H,37,40). The first kappa shape index (κ1) is 32.2. The number of furan rings is 1. The minimum absolute atomic E-state index is 0.00433. The van der Waals surface area contributed by atoms with Gasteiger partial charge < -0.3 is 24.5 Å². The third-order valence-electron chi connectivity index (χ3n) is 6.66. The molecule has 10 nitrogen and oxygen atoms in total. The molecule has 14 heteroatoms. The zero-order chi connectivity index (χ0) is 32.7. The number of carbonyl (C=O) groups excluding carboxylic acids is 3. The van der Waals surface area contributed by atoms with Crippen LogP contribution >= 0.6 is 11.8 Å². The number of amidine groups is 1. The lowest BCUT2D eigenvalue weighted by molar-refractivity contribution is -0.137. The number of nitrogens with zero attached hydrogens (tertiary/aromatic N) is 2. The number of aliphatic imine (C=N–C) groups is 1. The van der Waals surface area contributed by atoms with Gasteiger partial charge in [-0.1, -0.05) is 54.2 Å². The van der Waals surface area contributed by atoms with Crippen molar-refractivity contribution in [3.8, 4) is 5.75 Å². The molecule has 0 saturated carbocycles. The number of hydrogen-bond acceptors (Lipinski definition) is 8. The molecular weight excluding hydrogens is 625 g/mol. The summed E-state index contributed by atoms with van der Waals surface area (Å²) < 4.78 is 56.1. The van der Waals surface area contributed by atoms with Crippen LogP contribution in [0.2, 0.25) is 0 Å². The van der Waals surface area contributed by atoms with Crippen molar-refractivity contribution >= 4 is 46.2 Å². The van der Waals surface area contributed by atoms with Gasteiger partial charge in [0.1, 0.15) is 35.6 Å². The average molecular weight is 653 g/mol. The van der Waals surface area contributed by atoms with Crippen LogP contribution in [-0.4, -0.2) is 41.6 Å². The van der Waals surface area contributed by atoms with Crippen LogP contribution in [0, 0.1) is 0 Å². The zero-order valence-electron chi connectivity index (χ0n) is 24.2. The highest BCUT2D eigenvalue weighted by molar-refractivity contribution is 8.15. The number of ether oxygens (including phenoxy) is 2. The predicted molar refractivity (Wildman–Crippen MR) is 164 cm³/mol. The van der Waals surface area contributed by atoms with Crippen LogP contribution in [0.25, 0.3) is 0 Å². The van der Waals surface area contributed by atoms with E-state index in [-0.39, 0.29) is 42.2 Å². The van der Waals surface area contributed by atoms with Gasteiger partial charge in [-0.05, 0) is 53.6 Å². The molecule has 4 aromatic rings. The lowest BCUT2D eigenvalue weighted by atomic mass is 10.1. The van der Waals surface area contributed by atoms with Crippen LogP contribution < -0.4 is 15.4 Å². The number of thioether (sulfide) groups is 1. The Morgan fingerprint density at radius 3 is 2.46 bits per heavy atom. The quantitative estimate of drug-likeness (QED) is 0.196. The largest absolute Gasteiger partial charge is 0.494 e. The van der Waals surface area contributed by atoms with Gasteiger partial charge in [-0.15, -0.1) is 0 Å². The molecular formula is C32H27F3N4O6S. The van der Waals surface area contributed by atoms with Crippen LogP contribution in [0.3, 0.4) is 0 Å². The van der Waals surface area contributed by atoms with E-state index in [2.05, 4.69) is 15.6 Å². The molecule has 0 radical (unpaired) electrons. The Kier molecular flexibility index (Phi) is 9.96. The van der Waals surface area contributed by atoms with Crippen molar-refractivity contribution < 1.29 is 41.4 Å². The van der Waals surface area contributed by atoms with Crippen LogP contribution in [0.15, 0.2) is 101 Å². The van der Waals surface area contributed by atoms with Crippen molar-refractivity contribution in [1.29, 1.82) is 0 Å². The van der Waals surface area contributed by atoms with Gasteiger partial charge in [-0.2, -0.15) is 13.2 Å². The number of hydrogen-bond donors (Lipinski definition) is 2. The second kappa shape index (κ2) is 14.2. The van der Waals surface area contributed by atoms with Crippen LogP contribution in [-0.2, 0) is 33.7 Å². The summed E-state index contributed by atoms with van der Waals surface area (Å²) in [6.07, 6.45) is -3.90. The van der Waals surface area contributed by atoms with Gasteiger partial charge in [0.05, 0.1) is 25.5 Å². The smallest absolute Gasteiger partial charge is 0.416 e. The monoisotopic (exact) mass is 652 g/mol. The molecule has 1 atom stereocenters. The van der Waals surface area contributed by atoms with E-state index in [0.29, 0.717) is 17.0 Å². The number of nitrogens with one attached hydrogen (secondary N) is 2. The van der Waals surface area contributed by atoms with Gasteiger partial charge in [0.2, 0.25) is 11.8 Å². The molecule has 3 aromatic carbocycles. The Morgan fingerprint density at radius 1 is 1.02 bits per heavy atom. The Balaban J connectivity index is 1.27. The molecule has 2 heterocycles. The SMILES string of the molecule is COc1ccc(C(F)(F)F)cc1N=C1SC(c2ccc(NC(=O)CNC(=O)OCc3ccccc3)cc2)C(=O)N1Cc1ccco1. The second-order valence-corrected chi connectivity index (χ2v) is 10.9. The maximum absolute atomic E-state index is 13.6. The predicted octanol–water partition coefficient (Wildman–Crippen LogP) is 6.68. The first-order valence-electron chi connectivity index (χ1n) is 13.8. The van der Waals surface area contributed by atoms with Crippen LogP contribution in [0.5, 0.6) is 5.75 Å². The summed E-state index contributed by atoms with van der Waals surface area (Å²) in [4.78, 5) is 43.7. The van der Waals surface area contributed by atoms with Gasteiger partial charge >= 0.3 is 12.3 Å². The lowest BCUT2D eigenvalue weighted by Gasteiger charge is -2.16. The molecule has 46 heavy (non-hydrogen) atoms. The highest BCUT2D eigenvalue weighted by Gasteiger charge is 2.40. The molecule has 0 aliphatic carbocycles. The number of amides is 3. The number of carbonyl (C=O) groups is 3. The molecule has 0 spiro atoms. The Bertz CT molecular complexity index is 1710. The van der Waals surface area contributed by atoms with E-state index >= 15 is 0 Å². The molecule has 3 amide bonds. The fourth-order valence-electron chi connectivity index (χ4n) is 4.39. The Hall–Kier alpha value is -5.24. The molecule has 0 bridgehead atoms.